The standard InChI is InChI=1S/C6H14O2.C2H4O/c1-6(2-4-7)3-5-8;1-2-3-1/h6-8H,2-5H2,1H3;1-2H2. The van der Waals surface area contributed by atoms with Crippen molar-refractivity contribution in [1.82, 2.24) is 0 Å². The van der Waals surface area contributed by atoms with Crippen molar-refractivity contribution < 1.29 is 14.9 Å². The summed E-state index contributed by atoms with van der Waals surface area (Å²) in [6.07, 6.45) is 1.61. The zero-order valence-corrected chi connectivity index (χ0v) is 7.12. The summed E-state index contributed by atoms with van der Waals surface area (Å²) >= 11 is 0. The summed E-state index contributed by atoms with van der Waals surface area (Å²) in [4.78, 5) is 0. The lowest BCUT2D eigenvalue weighted by atomic mass is 10.1. The molecule has 0 atom stereocenters. The van der Waals surface area contributed by atoms with Crippen LogP contribution in [0.25, 0.3) is 0 Å². The van der Waals surface area contributed by atoms with Crippen LogP contribution in [-0.2, 0) is 4.74 Å². The Morgan fingerprint density at radius 1 is 1.18 bits per heavy atom. The molecule has 0 saturated carbocycles. The molecular formula is C8H18O3. The summed E-state index contributed by atoms with van der Waals surface area (Å²) in [6.45, 7) is 4.49. The van der Waals surface area contributed by atoms with Crippen LogP contribution in [0.4, 0.5) is 0 Å². The highest BCUT2D eigenvalue weighted by molar-refractivity contribution is 4.49. The lowest BCUT2D eigenvalue weighted by Gasteiger charge is -2.04. The van der Waals surface area contributed by atoms with Gasteiger partial charge in [0.1, 0.15) is 0 Å². The number of epoxide rings is 1. The highest BCUT2D eigenvalue weighted by Gasteiger charge is 1.97. The molecule has 1 aliphatic rings. The van der Waals surface area contributed by atoms with E-state index >= 15 is 0 Å². The van der Waals surface area contributed by atoms with Gasteiger partial charge in [0.05, 0.1) is 13.2 Å². The molecule has 0 amide bonds. The van der Waals surface area contributed by atoms with E-state index in [-0.39, 0.29) is 13.2 Å². The van der Waals surface area contributed by atoms with E-state index in [1.807, 2.05) is 6.92 Å². The van der Waals surface area contributed by atoms with Gasteiger partial charge in [0, 0.05) is 13.2 Å². The second-order valence-corrected chi connectivity index (χ2v) is 2.74. The molecule has 0 bridgehead atoms. The monoisotopic (exact) mass is 162 g/mol. The van der Waals surface area contributed by atoms with Crippen molar-refractivity contribution in [2.75, 3.05) is 26.4 Å². The zero-order valence-electron chi connectivity index (χ0n) is 7.12. The van der Waals surface area contributed by atoms with Gasteiger partial charge >= 0.3 is 0 Å². The Bertz CT molecular complexity index is 65.0. The molecule has 1 heterocycles. The Kier molecular flexibility index (Phi) is 7.89. The van der Waals surface area contributed by atoms with E-state index < -0.39 is 0 Å². The summed E-state index contributed by atoms with van der Waals surface area (Å²) in [5.74, 6) is 0.463. The van der Waals surface area contributed by atoms with Gasteiger partial charge in [0.2, 0.25) is 0 Å². The molecule has 0 aliphatic carbocycles. The molecule has 0 aromatic carbocycles. The fourth-order valence-corrected chi connectivity index (χ4v) is 0.585. The Labute approximate surface area is 68.0 Å². The zero-order chi connectivity index (χ0) is 8.53. The van der Waals surface area contributed by atoms with Crippen LogP contribution < -0.4 is 0 Å². The van der Waals surface area contributed by atoms with Gasteiger partial charge in [-0.1, -0.05) is 6.92 Å². The molecular weight excluding hydrogens is 144 g/mol. The van der Waals surface area contributed by atoms with Crippen molar-refractivity contribution in [1.29, 1.82) is 0 Å². The quantitative estimate of drug-likeness (QED) is 0.588. The molecule has 68 valence electrons. The molecule has 1 aliphatic heterocycles. The van der Waals surface area contributed by atoms with Crippen LogP contribution in [0.3, 0.4) is 0 Å². The molecule has 1 rings (SSSR count). The fourth-order valence-electron chi connectivity index (χ4n) is 0.585. The minimum atomic E-state index is 0.237. The van der Waals surface area contributed by atoms with E-state index in [1.165, 1.54) is 0 Å². The summed E-state index contributed by atoms with van der Waals surface area (Å²) in [6, 6.07) is 0. The smallest absolute Gasteiger partial charge is 0.0701 e. The Balaban J connectivity index is 0.000000271. The van der Waals surface area contributed by atoms with Gasteiger partial charge in [-0.05, 0) is 18.8 Å². The minimum Gasteiger partial charge on any atom is -0.396 e. The predicted molar refractivity (Wildman–Crippen MR) is 43.4 cm³/mol. The van der Waals surface area contributed by atoms with Crippen molar-refractivity contribution in [3.8, 4) is 0 Å². The fraction of sp³-hybridized carbons (Fsp3) is 1.00. The highest BCUT2D eigenvalue weighted by atomic mass is 16.6. The number of hydrogen-bond donors (Lipinski definition) is 2. The average molecular weight is 162 g/mol. The first kappa shape index (κ1) is 10.9. The SMILES string of the molecule is C1CO1.CC(CCO)CCO. The molecule has 0 unspecified atom stereocenters. The van der Waals surface area contributed by atoms with Gasteiger partial charge in [0.25, 0.3) is 0 Å². The van der Waals surface area contributed by atoms with E-state index in [2.05, 4.69) is 4.74 Å². The summed E-state index contributed by atoms with van der Waals surface area (Å²) in [5.41, 5.74) is 0. The Hall–Kier alpha value is -0.120. The maximum atomic E-state index is 8.38. The average Bonchev–Trinajstić information content (AvgIpc) is 2.72. The first-order valence-corrected chi connectivity index (χ1v) is 4.10. The second-order valence-electron chi connectivity index (χ2n) is 2.74. The maximum absolute atomic E-state index is 8.38. The van der Waals surface area contributed by atoms with Crippen LogP contribution in [-0.4, -0.2) is 36.6 Å². The number of ether oxygens (including phenoxy) is 1. The van der Waals surface area contributed by atoms with Gasteiger partial charge in [-0.25, -0.2) is 0 Å². The summed E-state index contributed by atoms with van der Waals surface area (Å²) in [7, 11) is 0. The third-order valence-electron chi connectivity index (χ3n) is 1.45. The first-order chi connectivity index (χ1) is 5.31. The van der Waals surface area contributed by atoms with Crippen molar-refractivity contribution in [2.45, 2.75) is 19.8 Å². The molecule has 0 aromatic heterocycles. The van der Waals surface area contributed by atoms with Gasteiger partial charge < -0.3 is 14.9 Å². The van der Waals surface area contributed by atoms with Crippen LogP contribution in [0.2, 0.25) is 0 Å². The van der Waals surface area contributed by atoms with E-state index in [1.54, 1.807) is 0 Å². The van der Waals surface area contributed by atoms with Crippen molar-refractivity contribution in [3.63, 3.8) is 0 Å². The predicted octanol–water partition coefficient (Wildman–Crippen LogP) is 0.404. The van der Waals surface area contributed by atoms with Crippen LogP contribution in [0.5, 0.6) is 0 Å². The number of aliphatic hydroxyl groups excluding tert-OH is 2. The number of aliphatic hydroxyl groups is 2. The lowest BCUT2D eigenvalue weighted by molar-refractivity contribution is 0.223. The molecule has 1 fully saturated rings. The van der Waals surface area contributed by atoms with Gasteiger partial charge in [-0.2, -0.15) is 0 Å². The molecule has 11 heavy (non-hydrogen) atoms. The van der Waals surface area contributed by atoms with Crippen LogP contribution in [0.1, 0.15) is 19.8 Å². The third kappa shape index (κ3) is 13.0. The van der Waals surface area contributed by atoms with Crippen molar-refractivity contribution in [3.05, 3.63) is 0 Å². The molecule has 1 saturated heterocycles. The van der Waals surface area contributed by atoms with Crippen molar-refractivity contribution >= 4 is 0 Å². The molecule has 0 spiro atoms. The minimum absolute atomic E-state index is 0.237. The van der Waals surface area contributed by atoms with Gasteiger partial charge in [-0.3, -0.25) is 0 Å². The number of rotatable bonds is 4. The van der Waals surface area contributed by atoms with Gasteiger partial charge in [0.15, 0.2) is 0 Å². The van der Waals surface area contributed by atoms with Crippen LogP contribution >= 0.6 is 0 Å². The largest absolute Gasteiger partial charge is 0.396 e. The maximum Gasteiger partial charge on any atom is 0.0701 e. The molecule has 3 heteroatoms. The van der Waals surface area contributed by atoms with Gasteiger partial charge in [-0.15, -0.1) is 0 Å². The summed E-state index contributed by atoms with van der Waals surface area (Å²) < 4.78 is 4.50. The van der Waals surface area contributed by atoms with Crippen LogP contribution in [0.15, 0.2) is 0 Å². The second kappa shape index (κ2) is 7.98. The van der Waals surface area contributed by atoms with E-state index in [9.17, 15) is 0 Å². The molecule has 2 N–H and O–H groups in total. The molecule has 3 nitrogen and oxygen atoms in total. The van der Waals surface area contributed by atoms with Crippen LogP contribution in [0, 0.1) is 5.92 Å². The third-order valence-corrected chi connectivity index (χ3v) is 1.45. The van der Waals surface area contributed by atoms with E-state index in [0.717, 1.165) is 26.1 Å². The lowest BCUT2D eigenvalue weighted by Crippen LogP contribution is -1.99. The van der Waals surface area contributed by atoms with E-state index in [0.29, 0.717) is 5.92 Å². The number of hydrogen-bond acceptors (Lipinski definition) is 3. The Morgan fingerprint density at radius 3 is 1.73 bits per heavy atom. The molecule has 0 aromatic rings. The topological polar surface area (TPSA) is 53.0 Å². The summed E-state index contributed by atoms with van der Waals surface area (Å²) in [5, 5.41) is 16.8. The van der Waals surface area contributed by atoms with E-state index in [4.69, 9.17) is 10.2 Å². The Morgan fingerprint density at radius 2 is 1.55 bits per heavy atom. The van der Waals surface area contributed by atoms with Crippen molar-refractivity contribution in [2.24, 2.45) is 5.92 Å². The highest BCUT2D eigenvalue weighted by Crippen LogP contribution is 2.03. The molecule has 0 radical (unpaired) electrons. The normalized spacial score (nSPS) is 14.2. The first-order valence-electron chi connectivity index (χ1n) is 4.10.